The lowest BCUT2D eigenvalue weighted by atomic mass is 10.1. The van der Waals surface area contributed by atoms with Gasteiger partial charge in [-0.2, -0.15) is 0 Å². The van der Waals surface area contributed by atoms with Gasteiger partial charge in [-0.1, -0.05) is 37.6 Å². The van der Waals surface area contributed by atoms with Gasteiger partial charge in [-0.3, -0.25) is 15.1 Å². The molecule has 1 rings (SSSR count). The number of carbonyl (C=O) groups excluding carboxylic acids is 1. The summed E-state index contributed by atoms with van der Waals surface area (Å²) >= 11 is 0. The maximum absolute atomic E-state index is 11.2. The second kappa shape index (κ2) is 7.92. The molecule has 0 fully saturated rings. The zero-order valence-corrected chi connectivity index (χ0v) is 12.1. The topological polar surface area (TPSA) is 58.4 Å². The van der Waals surface area contributed by atoms with Gasteiger partial charge in [-0.25, -0.2) is 5.84 Å². The molecule has 1 unspecified atom stereocenters. The van der Waals surface area contributed by atoms with E-state index in [0.29, 0.717) is 12.5 Å². The number of carbonyl (C=O) groups is 1. The van der Waals surface area contributed by atoms with Crippen molar-refractivity contribution < 1.29 is 4.79 Å². The lowest BCUT2D eigenvalue weighted by Crippen LogP contribution is -2.31. The van der Waals surface area contributed by atoms with E-state index < -0.39 is 0 Å². The Kier molecular flexibility index (Phi) is 6.53. The van der Waals surface area contributed by atoms with Gasteiger partial charge in [0.25, 0.3) is 0 Å². The number of hydrogen-bond acceptors (Lipinski definition) is 3. The number of nitrogens with two attached hydrogens (primary N) is 1. The summed E-state index contributed by atoms with van der Waals surface area (Å²) in [5.74, 6) is 4.91. The van der Waals surface area contributed by atoms with Gasteiger partial charge >= 0.3 is 0 Å². The van der Waals surface area contributed by atoms with Crippen LogP contribution in [0.4, 0.5) is 0 Å². The second-order valence-corrected chi connectivity index (χ2v) is 5.11. The van der Waals surface area contributed by atoms with Crippen LogP contribution in [0.2, 0.25) is 0 Å². The molecule has 0 saturated heterocycles. The zero-order chi connectivity index (χ0) is 14.3. The number of hydrazine groups is 1. The van der Waals surface area contributed by atoms with Gasteiger partial charge in [0.15, 0.2) is 0 Å². The molecule has 0 spiro atoms. The van der Waals surface area contributed by atoms with Gasteiger partial charge in [-0.05, 0) is 31.5 Å². The van der Waals surface area contributed by atoms with Crippen molar-refractivity contribution in [3.63, 3.8) is 0 Å². The Bertz CT molecular complexity index is 389. The Morgan fingerprint density at radius 3 is 2.42 bits per heavy atom. The summed E-state index contributed by atoms with van der Waals surface area (Å²) in [6.07, 6.45) is 2.75. The van der Waals surface area contributed by atoms with E-state index in [1.54, 1.807) is 0 Å². The summed E-state index contributed by atoms with van der Waals surface area (Å²) in [4.78, 5) is 13.5. The molecule has 0 aliphatic carbocycles. The van der Waals surface area contributed by atoms with E-state index in [1.165, 1.54) is 18.4 Å². The van der Waals surface area contributed by atoms with Crippen LogP contribution in [0.15, 0.2) is 24.3 Å². The van der Waals surface area contributed by atoms with Crippen molar-refractivity contribution in [1.29, 1.82) is 0 Å². The van der Waals surface area contributed by atoms with Gasteiger partial charge in [0.1, 0.15) is 0 Å². The van der Waals surface area contributed by atoms with Crippen LogP contribution in [-0.4, -0.2) is 23.9 Å². The maximum Gasteiger partial charge on any atom is 0.238 e. The number of nitrogens with zero attached hydrogens (tertiary/aromatic N) is 1. The molecule has 1 amide bonds. The molecule has 1 atom stereocenters. The van der Waals surface area contributed by atoms with Gasteiger partial charge < -0.3 is 0 Å². The van der Waals surface area contributed by atoms with Gasteiger partial charge in [-0.15, -0.1) is 0 Å². The Morgan fingerprint density at radius 2 is 1.89 bits per heavy atom. The summed E-state index contributed by atoms with van der Waals surface area (Å²) in [6, 6.07) is 8.72. The average Bonchev–Trinajstić information content (AvgIpc) is 2.41. The Labute approximate surface area is 115 Å². The summed E-state index contributed by atoms with van der Waals surface area (Å²) in [7, 11) is 2.15. The number of rotatable bonds is 7. The summed E-state index contributed by atoms with van der Waals surface area (Å²) in [5.41, 5.74) is 4.39. The molecule has 1 aromatic rings. The molecule has 0 aliphatic heterocycles. The third-order valence-corrected chi connectivity index (χ3v) is 3.44. The van der Waals surface area contributed by atoms with Crippen LogP contribution in [0.3, 0.4) is 0 Å². The van der Waals surface area contributed by atoms with Gasteiger partial charge in [0, 0.05) is 12.6 Å². The molecule has 0 saturated carbocycles. The van der Waals surface area contributed by atoms with E-state index in [-0.39, 0.29) is 5.91 Å². The fourth-order valence-electron chi connectivity index (χ4n) is 2.08. The molecule has 0 aliphatic rings. The third kappa shape index (κ3) is 5.41. The highest BCUT2D eigenvalue weighted by Gasteiger charge is 2.08. The molecule has 106 valence electrons. The summed E-state index contributed by atoms with van der Waals surface area (Å²) < 4.78 is 0. The first-order valence-corrected chi connectivity index (χ1v) is 6.84. The van der Waals surface area contributed by atoms with Crippen LogP contribution >= 0.6 is 0 Å². The highest BCUT2D eigenvalue weighted by Crippen LogP contribution is 2.11. The van der Waals surface area contributed by atoms with Crippen LogP contribution in [0.25, 0.3) is 0 Å². The quantitative estimate of drug-likeness (QED) is 0.448. The minimum absolute atomic E-state index is 0.165. The highest BCUT2D eigenvalue weighted by molar-refractivity contribution is 5.77. The van der Waals surface area contributed by atoms with Gasteiger partial charge in [0.05, 0.1) is 6.42 Å². The van der Waals surface area contributed by atoms with Crippen molar-refractivity contribution in [2.45, 2.75) is 45.7 Å². The fourth-order valence-corrected chi connectivity index (χ4v) is 2.08. The minimum Gasteiger partial charge on any atom is -0.299 e. The predicted octanol–water partition coefficient (Wildman–Crippen LogP) is 1.84. The average molecular weight is 263 g/mol. The van der Waals surface area contributed by atoms with Crippen molar-refractivity contribution in [3.05, 3.63) is 35.4 Å². The summed E-state index contributed by atoms with van der Waals surface area (Å²) in [6.45, 7) is 5.40. The van der Waals surface area contributed by atoms with Crippen molar-refractivity contribution >= 4 is 5.91 Å². The molecule has 3 N–H and O–H groups in total. The molecular weight excluding hydrogens is 238 g/mol. The van der Waals surface area contributed by atoms with Gasteiger partial charge in [0.2, 0.25) is 5.91 Å². The van der Waals surface area contributed by atoms with Crippen LogP contribution in [0.5, 0.6) is 0 Å². The first kappa shape index (κ1) is 15.7. The highest BCUT2D eigenvalue weighted by atomic mass is 16.2. The molecule has 0 heterocycles. The standard InChI is InChI=1S/C15H25N3O/c1-4-5-12(2)18(3)11-14-8-6-13(7-9-14)10-15(19)17-16/h6-9,12H,4-5,10-11,16H2,1-3H3,(H,17,19). The molecule has 0 aromatic heterocycles. The number of amides is 1. The van der Waals surface area contributed by atoms with E-state index in [1.807, 2.05) is 12.1 Å². The molecule has 4 nitrogen and oxygen atoms in total. The van der Waals surface area contributed by atoms with E-state index in [9.17, 15) is 4.79 Å². The molecule has 19 heavy (non-hydrogen) atoms. The lowest BCUT2D eigenvalue weighted by molar-refractivity contribution is -0.120. The number of nitrogens with one attached hydrogen (secondary N) is 1. The molecule has 0 radical (unpaired) electrons. The SMILES string of the molecule is CCCC(C)N(C)Cc1ccc(CC(=O)NN)cc1. The molecule has 4 heteroatoms. The van der Waals surface area contributed by atoms with Crippen LogP contribution in [-0.2, 0) is 17.8 Å². The predicted molar refractivity (Wildman–Crippen MR) is 78.3 cm³/mol. The van der Waals surface area contributed by atoms with Crippen LogP contribution in [0, 0.1) is 0 Å². The van der Waals surface area contributed by atoms with E-state index in [0.717, 1.165) is 12.1 Å². The molecular formula is C15H25N3O. The first-order valence-electron chi connectivity index (χ1n) is 6.84. The minimum atomic E-state index is -0.165. The largest absolute Gasteiger partial charge is 0.299 e. The molecule has 0 bridgehead atoms. The Balaban J connectivity index is 2.54. The first-order chi connectivity index (χ1) is 9.06. The Hall–Kier alpha value is -1.39. The lowest BCUT2D eigenvalue weighted by Gasteiger charge is -2.24. The van der Waals surface area contributed by atoms with Crippen LogP contribution in [0.1, 0.15) is 37.8 Å². The van der Waals surface area contributed by atoms with Crippen molar-refractivity contribution in [3.8, 4) is 0 Å². The fraction of sp³-hybridized carbons (Fsp3) is 0.533. The normalized spacial score (nSPS) is 12.5. The van der Waals surface area contributed by atoms with Crippen LogP contribution < -0.4 is 11.3 Å². The van der Waals surface area contributed by atoms with E-state index in [2.05, 4.69) is 43.4 Å². The zero-order valence-electron chi connectivity index (χ0n) is 12.1. The van der Waals surface area contributed by atoms with E-state index >= 15 is 0 Å². The second-order valence-electron chi connectivity index (χ2n) is 5.11. The van der Waals surface area contributed by atoms with Crippen molar-refractivity contribution in [2.75, 3.05) is 7.05 Å². The van der Waals surface area contributed by atoms with Crippen molar-refractivity contribution in [1.82, 2.24) is 10.3 Å². The van der Waals surface area contributed by atoms with Crippen molar-refractivity contribution in [2.24, 2.45) is 5.84 Å². The smallest absolute Gasteiger partial charge is 0.238 e. The number of hydrogen-bond donors (Lipinski definition) is 2. The number of benzene rings is 1. The monoisotopic (exact) mass is 263 g/mol. The maximum atomic E-state index is 11.2. The van der Waals surface area contributed by atoms with E-state index in [4.69, 9.17) is 5.84 Å². The molecule has 1 aromatic carbocycles. The Morgan fingerprint density at radius 1 is 1.32 bits per heavy atom. The third-order valence-electron chi connectivity index (χ3n) is 3.44. The summed E-state index contributed by atoms with van der Waals surface area (Å²) in [5, 5.41) is 0.